The van der Waals surface area contributed by atoms with Gasteiger partial charge in [0, 0.05) is 33.4 Å². The summed E-state index contributed by atoms with van der Waals surface area (Å²) in [5.74, 6) is 1.30. The molecule has 17 heavy (non-hydrogen) atoms. The van der Waals surface area contributed by atoms with Crippen molar-refractivity contribution >= 4 is 22.4 Å². The van der Waals surface area contributed by atoms with E-state index in [1.807, 2.05) is 24.3 Å². The lowest BCUT2D eigenvalue weighted by atomic mass is 10.2. The molecule has 0 radical (unpaired) electrons. The summed E-state index contributed by atoms with van der Waals surface area (Å²) >= 11 is 5.80. The second kappa shape index (κ2) is 7.85. The molecule has 0 aliphatic rings. The van der Waals surface area contributed by atoms with Gasteiger partial charge in [-0.15, -0.1) is 0 Å². The molecule has 1 rings (SSSR count). The lowest BCUT2D eigenvalue weighted by molar-refractivity contribution is 0.582. The predicted molar refractivity (Wildman–Crippen MR) is 75.9 cm³/mol. The average molecular weight is 274 g/mol. The van der Waals surface area contributed by atoms with Gasteiger partial charge in [0.05, 0.1) is 0 Å². The van der Waals surface area contributed by atoms with Crippen molar-refractivity contribution in [2.24, 2.45) is 0 Å². The van der Waals surface area contributed by atoms with Gasteiger partial charge in [0.2, 0.25) is 0 Å². The van der Waals surface area contributed by atoms with Gasteiger partial charge in [-0.1, -0.05) is 30.7 Å². The van der Waals surface area contributed by atoms with Crippen molar-refractivity contribution < 1.29 is 4.21 Å². The van der Waals surface area contributed by atoms with Crippen LogP contribution in [0.4, 0.5) is 0 Å². The largest absolute Gasteiger partial charge is 0.313 e. The third kappa shape index (κ3) is 6.20. The van der Waals surface area contributed by atoms with Gasteiger partial charge >= 0.3 is 0 Å². The van der Waals surface area contributed by atoms with E-state index in [2.05, 4.69) is 19.2 Å². The minimum Gasteiger partial charge on any atom is -0.313 e. The summed E-state index contributed by atoms with van der Waals surface area (Å²) < 4.78 is 11.9. The minimum absolute atomic E-state index is 0.308. The Morgan fingerprint density at radius 1 is 1.35 bits per heavy atom. The van der Waals surface area contributed by atoms with Crippen molar-refractivity contribution in [3.05, 3.63) is 34.9 Å². The van der Waals surface area contributed by atoms with E-state index in [4.69, 9.17) is 11.6 Å². The SMILES string of the molecule is CCCNC(C)CS(=O)Cc1ccc(Cl)cc1. The smallest absolute Gasteiger partial charge is 0.0486 e. The van der Waals surface area contributed by atoms with Gasteiger partial charge in [-0.3, -0.25) is 4.21 Å². The van der Waals surface area contributed by atoms with Crippen LogP contribution in [-0.2, 0) is 16.6 Å². The van der Waals surface area contributed by atoms with Crippen LogP contribution in [0.25, 0.3) is 0 Å². The first-order valence-corrected chi connectivity index (χ1v) is 7.81. The Kier molecular flexibility index (Phi) is 6.78. The molecule has 1 N–H and O–H groups in total. The Morgan fingerprint density at radius 2 is 2.00 bits per heavy atom. The Bertz CT molecular complexity index is 353. The molecule has 0 aliphatic carbocycles. The molecule has 2 nitrogen and oxygen atoms in total. The molecule has 96 valence electrons. The van der Waals surface area contributed by atoms with E-state index in [0.717, 1.165) is 23.6 Å². The van der Waals surface area contributed by atoms with Gasteiger partial charge in [0.25, 0.3) is 0 Å². The number of hydrogen-bond donors (Lipinski definition) is 1. The summed E-state index contributed by atoms with van der Waals surface area (Å²) in [5.41, 5.74) is 1.08. The summed E-state index contributed by atoms with van der Waals surface area (Å²) in [6, 6.07) is 7.86. The average Bonchev–Trinajstić information content (AvgIpc) is 2.29. The van der Waals surface area contributed by atoms with E-state index in [9.17, 15) is 4.21 Å². The molecule has 2 unspecified atom stereocenters. The second-order valence-electron chi connectivity index (χ2n) is 4.23. The Morgan fingerprint density at radius 3 is 2.59 bits per heavy atom. The highest BCUT2D eigenvalue weighted by Gasteiger charge is 2.07. The molecule has 0 fully saturated rings. The van der Waals surface area contributed by atoms with Gasteiger partial charge in [-0.05, 0) is 37.6 Å². The molecule has 0 aliphatic heterocycles. The lowest BCUT2D eigenvalue weighted by Crippen LogP contribution is -2.32. The quantitative estimate of drug-likeness (QED) is 0.828. The van der Waals surface area contributed by atoms with Gasteiger partial charge < -0.3 is 5.32 Å². The zero-order valence-electron chi connectivity index (χ0n) is 10.4. The van der Waals surface area contributed by atoms with Crippen molar-refractivity contribution in [1.29, 1.82) is 0 Å². The first-order chi connectivity index (χ1) is 8.11. The maximum absolute atomic E-state index is 11.9. The zero-order valence-corrected chi connectivity index (χ0v) is 12.0. The fourth-order valence-corrected chi connectivity index (χ4v) is 3.04. The predicted octanol–water partition coefficient (Wildman–Crippen LogP) is 2.98. The van der Waals surface area contributed by atoms with E-state index < -0.39 is 10.8 Å². The second-order valence-corrected chi connectivity index (χ2v) is 6.17. The van der Waals surface area contributed by atoms with E-state index in [1.54, 1.807) is 0 Å². The number of rotatable bonds is 7. The molecule has 0 aromatic heterocycles. The number of benzene rings is 1. The van der Waals surface area contributed by atoms with Crippen molar-refractivity contribution in [1.82, 2.24) is 5.32 Å². The highest BCUT2D eigenvalue weighted by Crippen LogP contribution is 2.11. The van der Waals surface area contributed by atoms with Crippen molar-refractivity contribution in [3.8, 4) is 0 Å². The lowest BCUT2D eigenvalue weighted by Gasteiger charge is -2.12. The maximum Gasteiger partial charge on any atom is 0.0486 e. The first-order valence-electron chi connectivity index (χ1n) is 5.94. The van der Waals surface area contributed by atoms with E-state index in [-0.39, 0.29) is 0 Å². The highest BCUT2D eigenvalue weighted by atomic mass is 35.5. The van der Waals surface area contributed by atoms with Crippen LogP contribution in [-0.4, -0.2) is 22.5 Å². The molecule has 4 heteroatoms. The first kappa shape index (κ1) is 14.7. The molecule has 0 saturated carbocycles. The molecular formula is C13H20ClNOS. The van der Waals surface area contributed by atoms with Crippen LogP contribution in [0.2, 0.25) is 5.02 Å². The molecule has 0 heterocycles. The van der Waals surface area contributed by atoms with E-state index in [0.29, 0.717) is 17.5 Å². The van der Waals surface area contributed by atoms with Gasteiger partial charge in [-0.25, -0.2) is 0 Å². The Hall–Kier alpha value is -0.380. The van der Waals surface area contributed by atoms with Crippen molar-refractivity contribution in [3.63, 3.8) is 0 Å². The Labute approximate surface area is 111 Å². The molecule has 0 bridgehead atoms. The van der Waals surface area contributed by atoms with Crippen LogP contribution in [0, 0.1) is 0 Å². The minimum atomic E-state index is -0.817. The van der Waals surface area contributed by atoms with Crippen LogP contribution in [0.1, 0.15) is 25.8 Å². The zero-order chi connectivity index (χ0) is 12.7. The van der Waals surface area contributed by atoms with Gasteiger partial charge in [0.15, 0.2) is 0 Å². The van der Waals surface area contributed by atoms with Crippen LogP contribution in [0.15, 0.2) is 24.3 Å². The molecule has 1 aromatic rings. The van der Waals surface area contributed by atoms with E-state index in [1.165, 1.54) is 0 Å². The third-order valence-corrected chi connectivity index (χ3v) is 4.20. The van der Waals surface area contributed by atoms with Crippen LogP contribution in [0.3, 0.4) is 0 Å². The monoisotopic (exact) mass is 273 g/mol. The van der Waals surface area contributed by atoms with Crippen molar-refractivity contribution in [2.75, 3.05) is 12.3 Å². The van der Waals surface area contributed by atoms with Crippen molar-refractivity contribution in [2.45, 2.75) is 32.1 Å². The molecule has 0 saturated heterocycles. The fourth-order valence-electron chi connectivity index (χ4n) is 1.55. The van der Waals surface area contributed by atoms with Gasteiger partial charge in [0.1, 0.15) is 0 Å². The molecule has 0 spiro atoms. The van der Waals surface area contributed by atoms with Crippen LogP contribution < -0.4 is 5.32 Å². The fraction of sp³-hybridized carbons (Fsp3) is 0.538. The molecule has 2 atom stereocenters. The summed E-state index contributed by atoms with van der Waals surface area (Å²) in [6.45, 7) is 5.19. The number of halogens is 1. The highest BCUT2D eigenvalue weighted by molar-refractivity contribution is 7.84. The Balaban J connectivity index is 2.36. The maximum atomic E-state index is 11.9. The van der Waals surface area contributed by atoms with Gasteiger partial charge in [-0.2, -0.15) is 0 Å². The van der Waals surface area contributed by atoms with Crippen LogP contribution >= 0.6 is 11.6 Å². The summed E-state index contributed by atoms with van der Waals surface area (Å²) in [4.78, 5) is 0. The third-order valence-electron chi connectivity index (χ3n) is 2.42. The molecule has 0 amide bonds. The van der Waals surface area contributed by atoms with E-state index >= 15 is 0 Å². The number of nitrogens with one attached hydrogen (secondary N) is 1. The summed E-state index contributed by atoms with van der Waals surface area (Å²) in [5, 5.41) is 4.06. The molecular weight excluding hydrogens is 254 g/mol. The summed E-state index contributed by atoms with van der Waals surface area (Å²) in [7, 11) is -0.817. The normalized spacial score (nSPS) is 14.5. The molecule has 1 aromatic carbocycles. The standard InChI is InChI=1S/C13H20ClNOS/c1-3-8-15-11(2)9-17(16)10-12-4-6-13(14)7-5-12/h4-7,11,15H,3,8-10H2,1-2H3. The number of hydrogen-bond acceptors (Lipinski definition) is 2. The summed E-state index contributed by atoms with van der Waals surface area (Å²) in [6.07, 6.45) is 1.11. The van der Waals surface area contributed by atoms with Crippen LogP contribution in [0.5, 0.6) is 0 Å². The topological polar surface area (TPSA) is 29.1 Å².